The fourth-order valence-corrected chi connectivity index (χ4v) is 4.57. The number of benzene rings is 1. The maximum absolute atomic E-state index is 14.7. The number of piperidine rings is 1. The van der Waals surface area contributed by atoms with Crippen LogP contribution in [0.5, 0.6) is 0 Å². The van der Waals surface area contributed by atoms with E-state index in [-0.39, 0.29) is 35.1 Å². The predicted molar refractivity (Wildman–Crippen MR) is 131 cm³/mol. The second kappa shape index (κ2) is 9.51. The number of rotatable bonds is 7. The van der Waals surface area contributed by atoms with E-state index in [1.165, 1.54) is 6.07 Å². The Kier molecular flexibility index (Phi) is 6.25. The quantitative estimate of drug-likeness (QED) is 0.455. The van der Waals surface area contributed by atoms with Crippen molar-refractivity contribution >= 4 is 29.3 Å². The van der Waals surface area contributed by atoms with Crippen LogP contribution >= 0.6 is 0 Å². The number of aromatic nitrogens is 5. The zero-order valence-electron chi connectivity index (χ0n) is 20.1. The molecule has 0 radical (unpaired) electrons. The molecule has 3 heterocycles. The third kappa shape index (κ3) is 4.83. The summed E-state index contributed by atoms with van der Waals surface area (Å²) in [5.74, 6) is -0.849. The van der Waals surface area contributed by atoms with Crippen molar-refractivity contribution in [3.63, 3.8) is 0 Å². The Labute approximate surface area is 207 Å². The standard InChI is InChI=1S/C24H28FN9O2/c1-13-19(29-23(36)17-8-7-15(10-18(17)25)14-5-6-14)4-3-9-34(13)24-30-22(20(21(26)35)31-32-24)28-16-11-27-33(2)12-16/h7-8,10-14,19H,3-6,9H2,1-2H3,(H2,26,35)(H,29,36)(H,28,30,32)/t13-,19-/m1/s1. The molecule has 2 aliphatic rings. The minimum absolute atomic E-state index is 0.0374. The fourth-order valence-electron chi connectivity index (χ4n) is 4.57. The van der Waals surface area contributed by atoms with Crippen LogP contribution in [0.25, 0.3) is 0 Å². The maximum Gasteiger partial charge on any atom is 0.273 e. The molecule has 0 spiro atoms. The van der Waals surface area contributed by atoms with E-state index in [2.05, 4.69) is 30.9 Å². The number of amides is 2. The molecular formula is C24H28FN9O2. The molecule has 1 saturated heterocycles. The minimum Gasteiger partial charge on any atom is -0.364 e. The van der Waals surface area contributed by atoms with Crippen LogP contribution in [0, 0.1) is 5.82 Å². The number of carbonyl (C=O) groups is 2. The molecule has 36 heavy (non-hydrogen) atoms. The van der Waals surface area contributed by atoms with E-state index in [0.29, 0.717) is 18.2 Å². The molecule has 5 rings (SSSR count). The largest absolute Gasteiger partial charge is 0.364 e. The zero-order valence-corrected chi connectivity index (χ0v) is 20.1. The van der Waals surface area contributed by atoms with E-state index in [0.717, 1.165) is 31.2 Å². The summed E-state index contributed by atoms with van der Waals surface area (Å²) in [5, 5.41) is 18.2. The summed E-state index contributed by atoms with van der Waals surface area (Å²) in [7, 11) is 1.76. The minimum atomic E-state index is -0.764. The molecule has 2 aromatic heterocycles. The molecule has 2 fully saturated rings. The number of hydrogen-bond acceptors (Lipinski definition) is 8. The summed E-state index contributed by atoms with van der Waals surface area (Å²) in [6, 6.07) is 4.41. The summed E-state index contributed by atoms with van der Waals surface area (Å²) in [5.41, 5.74) is 6.97. The van der Waals surface area contributed by atoms with Gasteiger partial charge in [-0.05, 0) is 56.2 Å². The van der Waals surface area contributed by atoms with Crippen LogP contribution in [0.3, 0.4) is 0 Å². The Morgan fingerprint density at radius 1 is 1.19 bits per heavy atom. The number of nitrogens with two attached hydrogens (primary N) is 1. The van der Waals surface area contributed by atoms with Crippen molar-refractivity contribution in [3.8, 4) is 0 Å². The Morgan fingerprint density at radius 3 is 2.67 bits per heavy atom. The van der Waals surface area contributed by atoms with Crippen molar-refractivity contribution in [3.05, 3.63) is 53.2 Å². The molecule has 1 aliphatic heterocycles. The fraction of sp³-hybridized carbons (Fsp3) is 0.417. The van der Waals surface area contributed by atoms with Crippen LogP contribution in [0.2, 0.25) is 0 Å². The smallest absolute Gasteiger partial charge is 0.273 e. The van der Waals surface area contributed by atoms with E-state index in [4.69, 9.17) is 5.73 Å². The van der Waals surface area contributed by atoms with Crippen LogP contribution in [0.1, 0.15) is 64.9 Å². The second-order valence-electron chi connectivity index (χ2n) is 9.37. The highest BCUT2D eigenvalue weighted by atomic mass is 19.1. The van der Waals surface area contributed by atoms with Gasteiger partial charge in [0.2, 0.25) is 5.95 Å². The number of halogens is 1. The van der Waals surface area contributed by atoms with E-state index in [1.807, 2.05) is 17.9 Å². The summed E-state index contributed by atoms with van der Waals surface area (Å²) in [6.45, 7) is 2.57. The van der Waals surface area contributed by atoms with Gasteiger partial charge in [0.1, 0.15) is 5.82 Å². The van der Waals surface area contributed by atoms with Gasteiger partial charge in [-0.15, -0.1) is 10.2 Å². The van der Waals surface area contributed by atoms with Gasteiger partial charge in [-0.2, -0.15) is 10.1 Å². The SMILES string of the molecule is C[C@@H]1[C@H](NC(=O)c2ccc(C3CC3)cc2F)CCCN1c1nnc(C(N)=O)c(Nc2cnn(C)c2)n1. The molecule has 3 aromatic rings. The van der Waals surface area contributed by atoms with Crippen molar-refractivity contribution in [1.29, 1.82) is 0 Å². The maximum atomic E-state index is 14.7. The van der Waals surface area contributed by atoms with E-state index in [1.54, 1.807) is 30.2 Å². The average Bonchev–Trinajstić information content (AvgIpc) is 3.62. The monoisotopic (exact) mass is 493 g/mol. The van der Waals surface area contributed by atoms with Gasteiger partial charge in [-0.3, -0.25) is 14.3 Å². The molecule has 11 nitrogen and oxygen atoms in total. The third-order valence-corrected chi connectivity index (χ3v) is 6.72. The van der Waals surface area contributed by atoms with Crippen molar-refractivity contribution in [1.82, 2.24) is 30.3 Å². The van der Waals surface area contributed by atoms with Crippen LogP contribution < -0.4 is 21.3 Å². The van der Waals surface area contributed by atoms with Crippen molar-refractivity contribution < 1.29 is 14.0 Å². The van der Waals surface area contributed by atoms with Gasteiger partial charge >= 0.3 is 0 Å². The second-order valence-corrected chi connectivity index (χ2v) is 9.37. The molecule has 2 atom stereocenters. The Hall–Kier alpha value is -4.09. The number of nitrogens with zero attached hydrogens (tertiary/aromatic N) is 6. The zero-order chi connectivity index (χ0) is 25.4. The van der Waals surface area contributed by atoms with E-state index < -0.39 is 17.6 Å². The van der Waals surface area contributed by atoms with Crippen molar-refractivity contribution in [2.24, 2.45) is 12.8 Å². The molecule has 188 valence electrons. The summed E-state index contributed by atoms with van der Waals surface area (Å²) >= 11 is 0. The highest BCUT2D eigenvalue weighted by Gasteiger charge is 2.33. The lowest BCUT2D eigenvalue weighted by Crippen LogP contribution is -2.54. The number of carbonyl (C=O) groups excluding carboxylic acids is 2. The molecule has 4 N–H and O–H groups in total. The van der Waals surface area contributed by atoms with Crippen molar-refractivity contribution in [2.75, 3.05) is 16.8 Å². The third-order valence-electron chi connectivity index (χ3n) is 6.72. The van der Waals surface area contributed by atoms with Gasteiger partial charge in [-0.25, -0.2) is 4.39 Å². The first-order valence-electron chi connectivity index (χ1n) is 12.0. The number of aryl methyl sites for hydroxylation is 1. The van der Waals surface area contributed by atoms with Crippen LogP contribution in [-0.4, -0.2) is 55.4 Å². The highest BCUT2D eigenvalue weighted by Crippen LogP contribution is 2.40. The Morgan fingerprint density at radius 2 is 2.00 bits per heavy atom. The summed E-state index contributed by atoms with van der Waals surface area (Å²) in [6.07, 6.45) is 6.91. The van der Waals surface area contributed by atoms with Crippen LogP contribution in [-0.2, 0) is 7.05 Å². The first-order valence-corrected chi connectivity index (χ1v) is 12.0. The van der Waals surface area contributed by atoms with E-state index >= 15 is 0 Å². The molecule has 0 bridgehead atoms. The van der Waals surface area contributed by atoms with Crippen LogP contribution in [0.4, 0.5) is 21.8 Å². The number of nitrogens with one attached hydrogen (secondary N) is 2. The molecular weight excluding hydrogens is 465 g/mol. The van der Waals surface area contributed by atoms with Gasteiger partial charge in [0, 0.05) is 31.9 Å². The highest BCUT2D eigenvalue weighted by molar-refractivity contribution is 5.96. The molecule has 2 amide bonds. The van der Waals surface area contributed by atoms with Gasteiger partial charge < -0.3 is 21.3 Å². The van der Waals surface area contributed by atoms with E-state index in [9.17, 15) is 14.0 Å². The lowest BCUT2D eigenvalue weighted by molar-refractivity contribution is 0.0919. The predicted octanol–water partition coefficient (Wildman–Crippen LogP) is 2.25. The number of anilines is 3. The van der Waals surface area contributed by atoms with Crippen LogP contribution in [0.15, 0.2) is 30.6 Å². The first kappa shape index (κ1) is 23.6. The lowest BCUT2D eigenvalue weighted by Gasteiger charge is -2.39. The Bertz CT molecular complexity index is 1310. The normalized spacial score (nSPS) is 19.7. The van der Waals surface area contributed by atoms with Gasteiger partial charge in [0.15, 0.2) is 11.5 Å². The first-order chi connectivity index (χ1) is 17.3. The van der Waals surface area contributed by atoms with Gasteiger partial charge in [0.25, 0.3) is 11.8 Å². The molecule has 1 aliphatic carbocycles. The topological polar surface area (TPSA) is 144 Å². The molecule has 0 unspecified atom stereocenters. The summed E-state index contributed by atoms with van der Waals surface area (Å²) < 4.78 is 16.3. The van der Waals surface area contributed by atoms with Gasteiger partial charge in [-0.1, -0.05) is 6.07 Å². The lowest BCUT2D eigenvalue weighted by atomic mass is 9.97. The molecule has 1 saturated carbocycles. The Balaban J connectivity index is 1.34. The number of hydrogen-bond donors (Lipinski definition) is 3. The molecule has 1 aromatic carbocycles. The molecule has 12 heteroatoms. The average molecular weight is 494 g/mol. The number of primary amides is 1. The van der Waals surface area contributed by atoms with Gasteiger partial charge in [0.05, 0.1) is 17.4 Å². The van der Waals surface area contributed by atoms with Crippen molar-refractivity contribution in [2.45, 2.75) is 50.6 Å². The summed E-state index contributed by atoms with van der Waals surface area (Å²) in [4.78, 5) is 31.2.